The highest BCUT2D eigenvalue weighted by Crippen LogP contribution is 2.19. The lowest BCUT2D eigenvalue weighted by Gasteiger charge is -2.04. The molecule has 1 aromatic heterocycles. The van der Waals surface area contributed by atoms with Crippen molar-refractivity contribution in [2.24, 2.45) is 0 Å². The first-order chi connectivity index (χ1) is 11.4. The Labute approximate surface area is 145 Å². The molecule has 0 fully saturated rings. The molecule has 0 saturated carbocycles. The van der Waals surface area contributed by atoms with E-state index in [1.807, 2.05) is 31.2 Å². The van der Waals surface area contributed by atoms with Gasteiger partial charge in [0.05, 0.1) is 0 Å². The maximum atomic E-state index is 12.1. The normalized spacial score (nSPS) is 11.4. The summed E-state index contributed by atoms with van der Waals surface area (Å²) in [5, 5.41) is 9.97. The zero-order chi connectivity index (χ0) is 17.6. The van der Waals surface area contributed by atoms with Crippen LogP contribution < -0.4 is 10.0 Å². The monoisotopic (exact) mass is 368 g/mol. The van der Waals surface area contributed by atoms with E-state index in [1.165, 1.54) is 11.1 Å². The molecule has 0 bridgehead atoms. The van der Waals surface area contributed by atoms with Crippen LogP contribution in [-0.2, 0) is 21.2 Å². The standard InChI is InChI=1S/C15H20N4O3S2/c1-3-13(20)17-14-18-19-15(23-14)24(21,22)16-10-4-5-12-8-6-11(2)7-9-12/h6-9,16H,3-5,10H2,1-2H3,(H,17,18,20). The Balaban J connectivity index is 1.84. The zero-order valence-corrected chi connectivity index (χ0v) is 15.2. The quantitative estimate of drug-likeness (QED) is 0.549. The second kappa shape index (κ2) is 8.32. The number of aromatic nitrogens is 2. The van der Waals surface area contributed by atoms with E-state index in [0.29, 0.717) is 19.4 Å². The molecule has 0 atom stereocenters. The molecule has 0 saturated heterocycles. The van der Waals surface area contributed by atoms with Gasteiger partial charge in [0.15, 0.2) is 0 Å². The van der Waals surface area contributed by atoms with E-state index in [9.17, 15) is 13.2 Å². The topological polar surface area (TPSA) is 101 Å². The van der Waals surface area contributed by atoms with Gasteiger partial charge in [-0.05, 0) is 25.3 Å². The molecule has 1 aromatic carbocycles. The van der Waals surface area contributed by atoms with Gasteiger partial charge in [-0.25, -0.2) is 13.1 Å². The Morgan fingerprint density at radius 3 is 2.58 bits per heavy atom. The van der Waals surface area contributed by atoms with Crippen molar-refractivity contribution >= 4 is 32.4 Å². The molecule has 130 valence electrons. The van der Waals surface area contributed by atoms with Crippen molar-refractivity contribution in [2.75, 3.05) is 11.9 Å². The Bertz CT molecular complexity index is 785. The molecule has 0 spiro atoms. The van der Waals surface area contributed by atoms with Gasteiger partial charge in [0.2, 0.25) is 15.4 Å². The number of anilines is 1. The number of sulfonamides is 1. The van der Waals surface area contributed by atoms with E-state index in [0.717, 1.165) is 17.8 Å². The summed E-state index contributed by atoms with van der Waals surface area (Å²) in [5.41, 5.74) is 2.36. The molecule has 0 aliphatic rings. The number of nitrogens with zero attached hydrogens (tertiary/aromatic N) is 2. The maximum Gasteiger partial charge on any atom is 0.269 e. The van der Waals surface area contributed by atoms with E-state index in [-0.39, 0.29) is 15.4 Å². The zero-order valence-electron chi connectivity index (χ0n) is 13.6. The molecule has 1 heterocycles. The van der Waals surface area contributed by atoms with E-state index in [4.69, 9.17) is 0 Å². The lowest BCUT2D eigenvalue weighted by molar-refractivity contribution is -0.115. The molecule has 9 heteroatoms. The van der Waals surface area contributed by atoms with Crippen LogP contribution in [0.3, 0.4) is 0 Å². The van der Waals surface area contributed by atoms with Gasteiger partial charge in [-0.2, -0.15) is 0 Å². The molecular formula is C15H20N4O3S2. The Hall–Kier alpha value is -1.84. The van der Waals surface area contributed by atoms with E-state index < -0.39 is 10.0 Å². The molecule has 0 unspecified atom stereocenters. The molecule has 7 nitrogen and oxygen atoms in total. The predicted octanol–water partition coefficient (Wildman–Crippen LogP) is 2.11. The summed E-state index contributed by atoms with van der Waals surface area (Å²) in [6.45, 7) is 4.03. The van der Waals surface area contributed by atoms with Crippen molar-refractivity contribution in [1.82, 2.24) is 14.9 Å². The Kier molecular flexibility index (Phi) is 6.41. The number of benzene rings is 1. The van der Waals surface area contributed by atoms with Gasteiger partial charge in [-0.3, -0.25) is 4.79 Å². The fourth-order valence-corrected chi connectivity index (χ4v) is 3.92. The molecular weight excluding hydrogens is 348 g/mol. The van der Waals surface area contributed by atoms with Crippen molar-refractivity contribution < 1.29 is 13.2 Å². The van der Waals surface area contributed by atoms with E-state index in [2.05, 4.69) is 20.2 Å². The van der Waals surface area contributed by atoms with Crippen molar-refractivity contribution in [1.29, 1.82) is 0 Å². The number of carbonyl (C=O) groups excluding carboxylic acids is 1. The van der Waals surface area contributed by atoms with Crippen LogP contribution >= 0.6 is 11.3 Å². The Morgan fingerprint density at radius 2 is 1.92 bits per heavy atom. The summed E-state index contributed by atoms with van der Waals surface area (Å²) in [7, 11) is -3.70. The highest BCUT2D eigenvalue weighted by Gasteiger charge is 2.20. The summed E-state index contributed by atoms with van der Waals surface area (Å²) in [5.74, 6) is -0.235. The number of nitrogens with one attached hydrogen (secondary N) is 2. The summed E-state index contributed by atoms with van der Waals surface area (Å²) in [6, 6.07) is 8.15. The SMILES string of the molecule is CCC(=O)Nc1nnc(S(=O)(=O)NCCCc2ccc(C)cc2)s1. The number of rotatable bonds is 8. The van der Waals surface area contributed by atoms with Crippen molar-refractivity contribution in [2.45, 2.75) is 37.4 Å². The van der Waals surface area contributed by atoms with Gasteiger partial charge in [-0.1, -0.05) is 48.1 Å². The molecule has 0 radical (unpaired) electrons. The fourth-order valence-electron chi connectivity index (χ4n) is 1.89. The molecule has 0 aliphatic carbocycles. The van der Waals surface area contributed by atoms with Crippen molar-refractivity contribution in [3.8, 4) is 0 Å². The minimum Gasteiger partial charge on any atom is -0.301 e. The first-order valence-electron chi connectivity index (χ1n) is 7.59. The van der Waals surface area contributed by atoms with E-state index in [1.54, 1.807) is 6.92 Å². The van der Waals surface area contributed by atoms with Crippen LogP contribution in [-0.4, -0.2) is 31.1 Å². The van der Waals surface area contributed by atoms with Crippen LogP contribution in [0.15, 0.2) is 28.6 Å². The molecule has 1 amide bonds. The Morgan fingerprint density at radius 1 is 1.21 bits per heavy atom. The number of hydrogen-bond acceptors (Lipinski definition) is 6. The van der Waals surface area contributed by atoms with Gasteiger partial charge in [0.25, 0.3) is 10.0 Å². The van der Waals surface area contributed by atoms with Crippen LogP contribution in [0, 0.1) is 6.92 Å². The minimum atomic E-state index is -3.70. The van der Waals surface area contributed by atoms with Crippen LogP contribution in [0.2, 0.25) is 0 Å². The number of hydrogen-bond donors (Lipinski definition) is 2. The van der Waals surface area contributed by atoms with Crippen LogP contribution in [0.25, 0.3) is 0 Å². The summed E-state index contributed by atoms with van der Waals surface area (Å²) < 4.78 is 26.6. The molecule has 0 aliphatic heterocycles. The van der Waals surface area contributed by atoms with Gasteiger partial charge in [0.1, 0.15) is 0 Å². The average molecular weight is 368 g/mol. The van der Waals surface area contributed by atoms with Crippen LogP contribution in [0.1, 0.15) is 30.9 Å². The summed E-state index contributed by atoms with van der Waals surface area (Å²) in [6.07, 6.45) is 1.76. The molecule has 24 heavy (non-hydrogen) atoms. The van der Waals surface area contributed by atoms with Gasteiger partial charge in [-0.15, -0.1) is 10.2 Å². The number of amides is 1. The van der Waals surface area contributed by atoms with Gasteiger partial charge in [0, 0.05) is 13.0 Å². The first kappa shape index (κ1) is 18.5. The number of carbonyl (C=O) groups is 1. The van der Waals surface area contributed by atoms with Gasteiger partial charge >= 0.3 is 0 Å². The second-order valence-corrected chi connectivity index (χ2v) is 8.18. The fraction of sp³-hybridized carbons (Fsp3) is 0.400. The number of aryl methyl sites for hydroxylation is 2. The lowest BCUT2D eigenvalue weighted by atomic mass is 10.1. The lowest BCUT2D eigenvalue weighted by Crippen LogP contribution is -2.25. The van der Waals surface area contributed by atoms with Crippen molar-refractivity contribution in [3.63, 3.8) is 0 Å². The third-order valence-corrected chi connectivity index (χ3v) is 5.93. The minimum absolute atomic E-state index is 0.149. The molecule has 2 aromatic rings. The third kappa shape index (κ3) is 5.36. The molecule has 2 rings (SSSR count). The largest absolute Gasteiger partial charge is 0.301 e. The highest BCUT2D eigenvalue weighted by atomic mass is 32.2. The summed E-state index contributed by atoms with van der Waals surface area (Å²) in [4.78, 5) is 11.3. The summed E-state index contributed by atoms with van der Waals surface area (Å²) >= 11 is 0.835. The van der Waals surface area contributed by atoms with Crippen LogP contribution in [0.4, 0.5) is 5.13 Å². The third-order valence-electron chi connectivity index (χ3n) is 3.26. The smallest absolute Gasteiger partial charge is 0.269 e. The first-order valence-corrected chi connectivity index (χ1v) is 9.89. The van der Waals surface area contributed by atoms with Gasteiger partial charge < -0.3 is 5.32 Å². The maximum absolute atomic E-state index is 12.1. The molecule has 2 N–H and O–H groups in total. The second-order valence-electron chi connectivity index (χ2n) is 5.26. The van der Waals surface area contributed by atoms with E-state index >= 15 is 0 Å². The average Bonchev–Trinajstić information content (AvgIpc) is 3.02. The highest BCUT2D eigenvalue weighted by molar-refractivity contribution is 7.91. The predicted molar refractivity (Wildman–Crippen MR) is 93.5 cm³/mol. The van der Waals surface area contributed by atoms with Crippen LogP contribution in [0.5, 0.6) is 0 Å². The van der Waals surface area contributed by atoms with Crippen molar-refractivity contribution in [3.05, 3.63) is 35.4 Å².